The summed E-state index contributed by atoms with van der Waals surface area (Å²) < 4.78 is 45.4. The first-order valence-electron chi connectivity index (χ1n) is 6.62. The van der Waals surface area contributed by atoms with Crippen molar-refractivity contribution in [3.8, 4) is 5.75 Å². The molecule has 0 aromatic heterocycles. The van der Waals surface area contributed by atoms with Crippen molar-refractivity contribution in [2.75, 3.05) is 6.61 Å². The first kappa shape index (κ1) is 15.1. The van der Waals surface area contributed by atoms with E-state index in [2.05, 4.69) is 10.1 Å². The second-order valence-corrected chi connectivity index (χ2v) is 4.98. The maximum atomic E-state index is 12.0. The predicted octanol–water partition coefficient (Wildman–Crippen LogP) is 3.24. The van der Waals surface area contributed by atoms with Gasteiger partial charge in [0.05, 0.1) is 6.10 Å². The van der Waals surface area contributed by atoms with E-state index in [1.54, 1.807) is 12.1 Å². The molecule has 0 spiro atoms. The average molecular weight is 289 g/mol. The zero-order valence-corrected chi connectivity index (χ0v) is 11.2. The molecule has 1 aromatic carbocycles. The lowest BCUT2D eigenvalue weighted by Gasteiger charge is -2.28. The SMILES string of the molecule is CC1CC(NCc2ccc(OC(F)(F)F)cc2)CCO1. The van der Waals surface area contributed by atoms with Crippen molar-refractivity contribution in [3.05, 3.63) is 29.8 Å². The molecule has 112 valence electrons. The molecule has 1 aromatic rings. The molecule has 1 aliphatic rings. The molecule has 3 nitrogen and oxygen atoms in total. The standard InChI is InChI=1S/C14H18F3NO2/c1-10-8-12(6-7-19-10)18-9-11-2-4-13(5-3-11)20-14(15,16)17/h2-5,10,12,18H,6-9H2,1H3. The van der Waals surface area contributed by atoms with Crippen molar-refractivity contribution in [2.45, 2.75) is 44.8 Å². The lowest BCUT2D eigenvalue weighted by Crippen LogP contribution is -2.37. The molecule has 0 amide bonds. The number of nitrogens with one attached hydrogen (secondary N) is 1. The summed E-state index contributed by atoms with van der Waals surface area (Å²) in [6, 6.07) is 6.33. The Morgan fingerprint density at radius 1 is 1.30 bits per heavy atom. The second kappa shape index (κ2) is 6.45. The fraction of sp³-hybridized carbons (Fsp3) is 0.571. The van der Waals surface area contributed by atoms with Crippen LogP contribution in [0.2, 0.25) is 0 Å². The molecule has 1 aliphatic heterocycles. The van der Waals surface area contributed by atoms with Crippen molar-refractivity contribution in [2.24, 2.45) is 0 Å². The van der Waals surface area contributed by atoms with Crippen molar-refractivity contribution in [1.29, 1.82) is 0 Å². The van der Waals surface area contributed by atoms with Crippen molar-refractivity contribution < 1.29 is 22.6 Å². The summed E-state index contributed by atoms with van der Waals surface area (Å²) in [5, 5.41) is 3.39. The molecule has 2 unspecified atom stereocenters. The van der Waals surface area contributed by atoms with E-state index in [-0.39, 0.29) is 11.9 Å². The highest BCUT2D eigenvalue weighted by atomic mass is 19.4. The molecule has 0 aliphatic carbocycles. The lowest BCUT2D eigenvalue weighted by molar-refractivity contribution is -0.274. The van der Waals surface area contributed by atoms with E-state index < -0.39 is 6.36 Å². The number of hydrogen-bond donors (Lipinski definition) is 1. The quantitative estimate of drug-likeness (QED) is 0.923. The topological polar surface area (TPSA) is 30.5 Å². The zero-order valence-electron chi connectivity index (χ0n) is 11.2. The predicted molar refractivity (Wildman–Crippen MR) is 68.4 cm³/mol. The van der Waals surface area contributed by atoms with Gasteiger partial charge in [-0.1, -0.05) is 12.1 Å². The fourth-order valence-electron chi connectivity index (χ4n) is 2.25. The van der Waals surface area contributed by atoms with E-state index in [4.69, 9.17) is 4.74 Å². The summed E-state index contributed by atoms with van der Waals surface area (Å²) in [7, 11) is 0. The van der Waals surface area contributed by atoms with E-state index in [0.29, 0.717) is 12.6 Å². The third-order valence-corrected chi connectivity index (χ3v) is 3.24. The van der Waals surface area contributed by atoms with Gasteiger partial charge in [-0.15, -0.1) is 13.2 Å². The molecular formula is C14H18F3NO2. The number of benzene rings is 1. The van der Waals surface area contributed by atoms with E-state index in [9.17, 15) is 13.2 Å². The first-order chi connectivity index (χ1) is 9.42. The zero-order chi connectivity index (χ0) is 14.6. The Morgan fingerprint density at radius 2 is 2.00 bits per heavy atom. The molecule has 0 radical (unpaired) electrons. The summed E-state index contributed by atoms with van der Waals surface area (Å²) in [5.74, 6) is -0.194. The van der Waals surface area contributed by atoms with Gasteiger partial charge in [0.1, 0.15) is 5.75 Å². The largest absolute Gasteiger partial charge is 0.573 e. The number of rotatable bonds is 4. The highest BCUT2D eigenvalue weighted by Gasteiger charge is 2.30. The van der Waals surface area contributed by atoms with Crippen LogP contribution in [0.1, 0.15) is 25.3 Å². The fourth-order valence-corrected chi connectivity index (χ4v) is 2.25. The van der Waals surface area contributed by atoms with Crippen LogP contribution in [0, 0.1) is 0 Å². The molecule has 2 rings (SSSR count). The minimum atomic E-state index is -4.64. The van der Waals surface area contributed by atoms with Gasteiger partial charge >= 0.3 is 6.36 Å². The third kappa shape index (κ3) is 5.02. The minimum Gasteiger partial charge on any atom is -0.406 e. The van der Waals surface area contributed by atoms with Crippen LogP contribution in [0.5, 0.6) is 5.75 Å². The Kier molecular flexibility index (Phi) is 4.88. The number of alkyl halides is 3. The Labute approximate surface area is 116 Å². The van der Waals surface area contributed by atoms with E-state index >= 15 is 0 Å². The van der Waals surface area contributed by atoms with Crippen LogP contribution in [0.4, 0.5) is 13.2 Å². The summed E-state index contributed by atoms with van der Waals surface area (Å²) in [6.07, 6.45) is -2.48. The summed E-state index contributed by atoms with van der Waals surface area (Å²) in [5.41, 5.74) is 0.929. The minimum absolute atomic E-state index is 0.194. The molecule has 1 N–H and O–H groups in total. The molecule has 0 bridgehead atoms. The van der Waals surface area contributed by atoms with Crippen LogP contribution in [0.15, 0.2) is 24.3 Å². The molecule has 20 heavy (non-hydrogen) atoms. The molecular weight excluding hydrogens is 271 g/mol. The lowest BCUT2D eigenvalue weighted by atomic mass is 10.0. The molecule has 1 heterocycles. The normalized spacial score (nSPS) is 23.6. The van der Waals surface area contributed by atoms with Gasteiger partial charge < -0.3 is 14.8 Å². The van der Waals surface area contributed by atoms with Crippen molar-refractivity contribution >= 4 is 0 Å². The van der Waals surface area contributed by atoms with Gasteiger partial charge in [0, 0.05) is 19.2 Å². The molecule has 2 atom stereocenters. The van der Waals surface area contributed by atoms with Crippen LogP contribution >= 0.6 is 0 Å². The van der Waals surface area contributed by atoms with Crippen LogP contribution in [0.25, 0.3) is 0 Å². The smallest absolute Gasteiger partial charge is 0.406 e. The van der Waals surface area contributed by atoms with Gasteiger partial charge in [-0.25, -0.2) is 0 Å². The molecule has 6 heteroatoms. The van der Waals surface area contributed by atoms with Crippen molar-refractivity contribution in [3.63, 3.8) is 0 Å². The highest BCUT2D eigenvalue weighted by Crippen LogP contribution is 2.23. The molecule has 1 fully saturated rings. The van der Waals surface area contributed by atoms with Crippen LogP contribution in [-0.4, -0.2) is 25.1 Å². The molecule has 0 saturated carbocycles. The highest BCUT2D eigenvalue weighted by molar-refractivity contribution is 5.27. The number of hydrogen-bond acceptors (Lipinski definition) is 3. The van der Waals surface area contributed by atoms with Crippen LogP contribution in [-0.2, 0) is 11.3 Å². The average Bonchev–Trinajstić information content (AvgIpc) is 2.36. The van der Waals surface area contributed by atoms with Gasteiger partial charge in [0.2, 0.25) is 0 Å². The van der Waals surface area contributed by atoms with Crippen LogP contribution in [0.3, 0.4) is 0 Å². The first-order valence-corrected chi connectivity index (χ1v) is 6.62. The number of ether oxygens (including phenoxy) is 2. The van der Waals surface area contributed by atoms with E-state index in [1.165, 1.54) is 12.1 Å². The van der Waals surface area contributed by atoms with Crippen LogP contribution < -0.4 is 10.1 Å². The van der Waals surface area contributed by atoms with Gasteiger partial charge in [-0.05, 0) is 37.5 Å². The van der Waals surface area contributed by atoms with Gasteiger partial charge in [0.25, 0.3) is 0 Å². The van der Waals surface area contributed by atoms with E-state index in [1.807, 2.05) is 6.92 Å². The maximum absolute atomic E-state index is 12.0. The monoisotopic (exact) mass is 289 g/mol. The van der Waals surface area contributed by atoms with E-state index in [0.717, 1.165) is 25.0 Å². The maximum Gasteiger partial charge on any atom is 0.573 e. The Balaban J connectivity index is 1.81. The Morgan fingerprint density at radius 3 is 2.60 bits per heavy atom. The Bertz CT molecular complexity index is 419. The third-order valence-electron chi connectivity index (χ3n) is 3.24. The van der Waals surface area contributed by atoms with Gasteiger partial charge in [-0.3, -0.25) is 0 Å². The summed E-state index contributed by atoms with van der Waals surface area (Å²) in [6.45, 7) is 3.41. The summed E-state index contributed by atoms with van der Waals surface area (Å²) in [4.78, 5) is 0. The Hall–Kier alpha value is -1.27. The second-order valence-electron chi connectivity index (χ2n) is 4.98. The summed E-state index contributed by atoms with van der Waals surface area (Å²) >= 11 is 0. The van der Waals surface area contributed by atoms with Gasteiger partial charge in [0.15, 0.2) is 0 Å². The van der Waals surface area contributed by atoms with Crippen molar-refractivity contribution in [1.82, 2.24) is 5.32 Å². The number of halogens is 3. The van der Waals surface area contributed by atoms with Gasteiger partial charge in [-0.2, -0.15) is 0 Å². The molecule has 1 saturated heterocycles.